The standard InChI is InChI=1S/C27H31N3O4/c1-27(2,3)34-26(32)30-24(25(31)29-22-11-7-10-20(16-22)17-28)21-12-14-23(15-13-21)33-18-19-8-5-4-6-9-19/h4-16,24H,17-18,28H2,1-3H3,(H,29,31)(H,30,32)/t24-/m0/s1. The van der Waals surface area contributed by atoms with Crippen molar-refractivity contribution in [3.63, 3.8) is 0 Å². The first kappa shape index (κ1) is 24.8. The minimum absolute atomic E-state index is 0.355. The SMILES string of the molecule is CC(C)(C)OC(=O)N[C@H](C(=O)Nc1cccc(CN)c1)c1ccc(OCc2ccccc2)cc1. The summed E-state index contributed by atoms with van der Waals surface area (Å²) in [5, 5.41) is 5.53. The maximum atomic E-state index is 13.2. The molecule has 0 saturated heterocycles. The molecule has 0 heterocycles. The number of hydrogen-bond donors (Lipinski definition) is 3. The lowest BCUT2D eigenvalue weighted by molar-refractivity contribution is -0.118. The molecule has 0 saturated carbocycles. The Hall–Kier alpha value is -3.84. The predicted octanol–water partition coefficient (Wildman–Crippen LogP) is 4.93. The van der Waals surface area contributed by atoms with E-state index in [2.05, 4.69) is 10.6 Å². The van der Waals surface area contributed by atoms with Gasteiger partial charge in [0.2, 0.25) is 0 Å². The van der Waals surface area contributed by atoms with E-state index in [0.717, 1.165) is 11.1 Å². The largest absolute Gasteiger partial charge is 0.489 e. The lowest BCUT2D eigenvalue weighted by Gasteiger charge is -2.24. The van der Waals surface area contributed by atoms with Gasteiger partial charge in [0.1, 0.15) is 24.0 Å². The van der Waals surface area contributed by atoms with E-state index in [1.807, 2.05) is 42.5 Å². The Kier molecular flexibility index (Phi) is 8.27. The van der Waals surface area contributed by atoms with Gasteiger partial charge < -0.3 is 25.8 Å². The quantitative estimate of drug-likeness (QED) is 0.441. The first-order chi connectivity index (χ1) is 16.2. The summed E-state index contributed by atoms with van der Waals surface area (Å²) in [5.74, 6) is 0.248. The van der Waals surface area contributed by atoms with Crippen LogP contribution in [0.1, 0.15) is 43.5 Å². The van der Waals surface area contributed by atoms with Gasteiger partial charge in [-0.1, -0.05) is 54.6 Å². The highest BCUT2D eigenvalue weighted by Gasteiger charge is 2.26. The zero-order chi connectivity index (χ0) is 24.6. The van der Waals surface area contributed by atoms with Gasteiger partial charge in [-0.05, 0) is 61.7 Å². The number of carbonyl (C=O) groups is 2. The lowest BCUT2D eigenvalue weighted by atomic mass is 10.1. The van der Waals surface area contributed by atoms with Crippen LogP contribution in [0.25, 0.3) is 0 Å². The highest BCUT2D eigenvalue weighted by molar-refractivity contribution is 5.97. The summed E-state index contributed by atoms with van der Waals surface area (Å²) in [4.78, 5) is 25.6. The van der Waals surface area contributed by atoms with Crippen molar-refractivity contribution in [3.05, 3.63) is 95.6 Å². The summed E-state index contributed by atoms with van der Waals surface area (Å²) in [6, 6.07) is 23.1. The van der Waals surface area contributed by atoms with Gasteiger partial charge in [0, 0.05) is 12.2 Å². The number of carbonyl (C=O) groups excluding carboxylic acids is 2. The molecule has 178 valence electrons. The van der Waals surface area contributed by atoms with Crippen molar-refractivity contribution in [2.24, 2.45) is 5.73 Å². The second-order valence-electron chi connectivity index (χ2n) is 8.82. The predicted molar refractivity (Wildman–Crippen MR) is 132 cm³/mol. The first-order valence-corrected chi connectivity index (χ1v) is 11.1. The van der Waals surface area contributed by atoms with E-state index in [1.165, 1.54) is 0 Å². The molecular weight excluding hydrogens is 430 g/mol. The fourth-order valence-corrected chi connectivity index (χ4v) is 3.21. The van der Waals surface area contributed by atoms with Crippen molar-refractivity contribution >= 4 is 17.7 Å². The molecule has 7 heteroatoms. The third-order valence-corrected chi connectivity index (χ3v) is 4.82. The van der Waals surface area contributed by atoms with Crippen LogP contribution in [-0.2, 0) is 22.7 Å². The van der Waals surface area contributed by atoms with Crippen LogP contribution in [0.2, 0.25) is 0 Å². The molecule has 0 aromatic heterocycles. The molecule has 1 atom stereocenters. The third-order valence-electron chi connectivity index (χ3n) is 4.82. The van der Waals surface area contributed by atoms with Crippen molar-refractivity contribution < 1.29 is 19.1 Å². The summed E-state index contributed by atoms with van der Waals surface area (Å²) >= 11 is 0. The van der Waals surface area contributed by atoms with Crippen LogP contribution >= 0.6 is 0 Å². The van der Waals surface area contributed by atoms with E-state index in [1.54, 1.807) is 57.2 Å². The summed E-state index contributed by atoms with van der Waals surface area (Å²) < 4.78 is 11.2. The summed E-state index contributed by atoms with van der Waals surface area (Å²) in [6.07, 6.45) is -0.687. The van der Waals surface area contributed by atoms with Crippen LogP contribution in [-0.4, -0.2) is 17.6 Å². The molecule has 7 nitrogen and oxygen atoms in total. The van der Waals surface area contributed by atoms with Gasteiger partial charge in [-0.25, -0.2) is 4.79 Å². The molecule has 4 N–H and O–H groups in total. The van der Waals surface area contributed by atoms with E-state index < -0.39 is 23.6 Å². The smallest absolute Gasteiger partial charge is 0.408 e. The maximum Gasteiger partial charge on any atom is 0.408 e. The molecule has 0 spiro atoms. The van der Waals surface area contributed by atoms with Crippen molar-refractivity contribution in [2.45, 2.75) is 45.6 Å². The normalized spacial score (nSPS) is 11.9. The van der Waals surface area contributed by atoms with Gasteiger partial charge in [-0.3, -0.25) is 4.79 Å². The average molecular weight is 462 g/mol. The number of benzene rings is 3. The Bertz CT molecular complexity index is 1090. The number of hydrogen-bond acceptors (Lipinski definition) is 5. The summed E-state index contributed by atoms with van der Waals surface area (Å²) in [6.45, 7) is 6.07. The van der Waals surface area contributed by atoms with Crippen LogP contribution in [0.4, 0.5) is 10.5 Å². The average Bonchev–Trinajstić information content (AvgIpc) is 2.81. The van der Waals surface area contributed by atoms with Crippen molar-refractivity contribution in [3.8, 4) is 5.75 Å². The van der Waals surface area contributed by atoms with Crippen molar-refractivity contribution in [1.82, 2.24) is 5.32 Å². The Morgan fingerprint density at radius 3 is 2.24 bits per heavy atom. The third kappa shape index (κ3) is 7.64. The van der Waals surface area contributed by atoms with E-state index in [4.69, 9.17) is 15.2 Å². The minimum Gasteiger partial charge on any atom is -0.489 e. The molecule has 0 aliphatic carbocycles. The zero-order valence-corrected chi connectivity index (χ0v) is 19.7. The van der Waals surface area contributed by atoms with Crippen LogP contribution < -0.4 is 21.1 Å². The highest BCUT2D eigenvalue weighted by Crippen LogP contribution is 2.22. The molecule has 0 radical (unpaired) electrons. The van der Waals surface area contributed by atoms with Crippen molar-refractivity contribution in [1.29, 1.82) is 0 Å². The minimum atomic E-state index is -0.973. The van der Waals surface area contributed by atoms with E-state index in [-0.39, 0.29) is 0 Å². The number of rotatable bonds is 8. The van der Waals surface area contributed by atoms with Crippen molar-refractivity contribution in [2.75, 3.05) is 5.32 Å². The summed E-state index contributed by atoms with van der Waals surface area (Å²) in [7, 11) is 0. The molecule has 0 aliphatic heterocycles. The van der Waals surface area contributed by atoms with Gasteiger partial charge in [-0.2, -0.15) is 0 Å². The van der Waals surface area contributed by atoms with Crippen LogP contribution in [0.3, 0.4) is 0 Å². The number of ether oxygens (including phenoxy) is 2. The lowest BCUT2D eigenvalue weighted by Crippen LogP contribution is -2.40. The van der Waals surface area contributed by atoms with Crippen LogP contribution in [0, 0.1) is 0 Å². The Balaban J connectivity index is 1.76. The van der Waals surface area contributed by atoms with Gasteiger partial charge in [-0.15, -0.1) is 0 Å². The molecule has 2 amide bonds. The van der Waals surface area contributed by atoms with E-state index in [9.17, 15) is 9.59 Å². The highest BCUT2D eigenvalue weighted by atomic mass is 16.6. The number of nitrogens with two attached hydrogens (primary N) is 1. The molecule has 0 aliphatic rings. The van der Waals surface area contributed by atoms with Gasteiger partial charge in [0.15, 0.2) is 0 Å². The molecule has 3 rings (SSSR count). The molecule has 0 unspecified atom stereocenters. The van der Waals surface area contributed by atoms with Crippen LogP contribution in [0.15, 0.2) is 78.9 Å². The van der Waals surface area contributed by atoms with E-state index in [0.29, 0.717) is 30.2 Å². The molecule has 3 aromatic rings. The second kappa shape index (κ2) is 11.3. The number of anilines is 1. The second-order valence-corrected chi connectivity index (χ2v) is 8.82. The molecule has 0 bridgehead atoms. The van der Waals surface area contributed by atoms with Gasteiger partial charge >= 0.3 is 6.09 Å². The maximum absolute atomic E-state index is 13.2. The van der Waals surface area contributed by atoms with Crippen LogP contribution in [0.5, 0.6) is 5.75 Å². The number of amides is 2. The Labute approximate surface area is 200 Å². The monoisotopic (exact) mass is 461 g/mol. The molecule has 34 heavy (non-hydrogen) atoms. The molecular formula is C27H31N3O4. The molecule has 0 fully saturated rings. The first-order valence-electron chi connectivity index (χ1n) is 11.1. The topological polar surface area (TPSA) is 103 Å². The van der Waals surface area contributed by atoms with E-state index >= 15 is 0 Å². The Morgan fingerprint density at radius 2 is 1.59 bits per heavy atom. The molecule has 3 aromatic carbocycles. The fourth-order valence-electron chi connectivity index (χ4n) is 3.21. The van der Waals surface area contributed by atoms with Gasteiger partial charge in [0.25, 0.3) is 5.91 Å². The number of alkyl carbamates (subject to hydrolysis) is 1. The zero-order valence-electron chi connectivity index (χ0n) is 19.7. The number of nitrogens with one attached hydrogen (secondary N) is 2. The fraction of sp³-hybridized carbons (Fsp3) is 0.259. The van der Waals surface area contributed by atoms with Gasteiger partial charge in [0.05, 0.1) is 0 Å². The summed E-state index contributed by atoms with van der Waals surface area (Å²) in [5.41, 5.74) is 8.12. The Morgan fingerprint density at radius 1 is 0.912 bits per heavy atom.